The Balaban J connectivity index is 1.33. The van der Waals surface area contributed by atoms with Crippen molar-refractivity contribution in [1.82, 2.24) is 4.90 Å². The molecule has 7 nitrogen and oxygen atoms in total. The van der Waals surface area contributed by atoms with Crippen molar-refractivity contribution in [3.05, 3.63) is 0 Å². The van der Waals surface area contributed by atoms with Crippen LogP contribution < -0.4 is 0 Å². The fourth-order valence-corrected chi connectivity index (χ4v) is 7.96. The highest BCUT2D eigenvalue weighted by Gasteiger charge is 2.71. The normalized spacial score (nSPS) is 37.9. The van der Waals surface area contributed by atoms with Crippen molar-refractivity contribution in [3.8, 4) is 0 Å². The highest BCUT2D eigenvalue weighted by atomic mass is 16.6. The number of esters is 3. The molecular weight excluding hydrogens is 434 g/mol. The molecule has 6 unspecified atom stereocenters. The summed E-state index contributed by atoms with van der Waals surface area (Å²) in [5, 5.41) is 0. The van der Waals surface area contributed by atoms with Gasteiger partial charge in [-0.25, -0.2) is 0 Å². The quantitative estimate of drug-likeness (QED) is 0.408. The molecule has 3 saturated carbocycles. The minimum absolute atomic E-state index is 0.0273. The molecular formula is C27H41NO6. The van der Waals surface area contributed by atoms with E-state index in [-0.39, 0.29) is 41.6 Å². The number of carbonyl (C=O) groups excluding carboxylic acids is 3. The van der Waals surface area contributed by atoms with Crippen LogP contribution in [0.3, 0.4) is 0 Å². The molecule has 2 aliphatic heterocycles. The first-order valence-corrected chi connectivity index (χ1v) is 13.6. The summed E-state index contributed by atoms with van der Waals surface area (Å²) in [6.07, 6.45) is 8.84. The molecule has 0 spiro atoms. The van der Waals surface area contributed by atoms with Crippen molar-refractivity contribution in [2.24, 2.45) is 29.6 Å². The zero-order valence-electron chi connectivity index (χ0n) is 21.1. The smallest absolute Gasteiger partial charge is 0.313 e. The number of likely N-dealkylation sites (tertiary alicyclic amines) is 1. The molecule has 190 valence electrons. The number of hydrogen-bond donors (Lipinski definition) is 0. The summed E-state index contributed by atoms with van der Waals surface area (Å²) in [6.45, 7) is 8.74. The second-order valence-corrected chi connectivity index (χ2v) is 11.9. The molecule has 0 radical (unpaired) electrons. The molecule has 3 aliphatic carbocycles. The van der Waals surface area contributed by atoms with Crippen molar-refractivity contribution in [2.45, 2.75) is 102 Å². The lowest BCUT2D eigenvalue weighted by atomic mass is 9.68. The van der Waals surface area contributed by atoms with E-state index in [1.165, 1.54) is 19.3 Å². The van der Waals surface area contributed by atoms with Gasteiger partial charge >= 0.3 is 17.9 Å². The highest BCUT2D eigenvalue weighted by molar-refractivity contribution is 5.82. The molecule has 34 heavy (non-hydrogen) atoms. The van der Waals surface area contributed by atoms with Gasteiger partial charge < -0.3 is 19.1 Å². The van der Waals surface area contributed by atoms with Gasteiger partial charge in [0.2, 0.25) is 0 Å². The van der Waals surface area contributed by atoms with E-state index in [0.29, 0.717) is 13.0 Å². The number of hydrogen-bond acceptors (Lipinski definition) is 7. The van der Waals surface area contributed by atoms with E-state index < -0.39 is 23.2 Å². The summed E-state index contributed by atoms with van der Waals surface area (Å²) in [5.74, 6) is -1.85. The molecule has 2 heterocycles. The number of ether oxygens (including phenoxy) is 3. The van der Waals surface area contributed by atoms with Crippen LogP contribution in [0.25, 0.3) is 0 Å². The number of nitrogens with zero attached hydrogens (tertiary/aromatic N) is 1. The van der Waals surface area contributed by atoms with Crippen LogP contribution in [0.15, 0.2) is 0 Å². The Morgan fingerprint density at radius 3 is 2.44 bits per heavy atom. The van der Waals surface area contributed by atoms with Crippen LogP contribution in [-0.4, -0.2) is 59.7 Å². The second-order valence-electron chi connectivity index (χ2n) is 11.9. The number of piperidine rings is 1. The number of carbonyl (C=O) groups is 3. The first kappa shape index (κ1) is 24.1. The number of rotatable bonds is 7. The van der Waals surface area contributed by atoms with Crippen LogP contribution in [0.5, 0.6) is 0 Å². The summed E-state index contributed by atoms with van der Waals surface area (Å²) in [5.41, 5.74) is -1.01. The molecule has 0 aromatic heterocycles. The van der Waals surface area contributed by atoms with Crippen LogP contribution in [0.4, 0.5) is 0 Å². The molecule has 7 heteroatoms. The maximum absolute atomic E-state index is 13.6. The zero-order valence-corrected chi connectivity index (χ0v) is 21.1. The largest absolute Gasteiger partial charge is 0.461 e. The third-order valence-corrected chi connectivity index (χ3v) is 9.63. The predicted molar refractivity (Wildman–Crippen MR) is 125 cm³/mol. The van der Waals surface area contributed by atoms with Gasteiger partial charge in [0.1, 0.15) is 17.3 Å². The molecule has 5 fully saturated rings. The van der Waals surface area contributed by atoms with Gasteiger partial charge in [-0.2, -0.15) is 0 Å². The van der Waals surface area contributed by atoms with Crippen LogP contribution in [-0.2, 0) is 28.6 Å². The van der Waals surface area contributed by atoms with E-state index in [1.807, 2.05) is 13.8 Å². The molecule has 2 bridgehead atoms. The molecule has 0 N–H and O–H groups in total. The maximum atomic E-state index is 13.6. The minimum atomic E-state index is -0.607. The van der Waals surface area contributed by atoms with E-state index in [1.54, 1.807) is 0 Å². The fourth-order valence-electron chi connectivity index (χ4n) is 7.96. The van der Waals surface area contributed by atoms with Crippen LogP contribution in [0, 0.1) is 29.6 Å². The van der Waals surface area contributed by atoms with Crippen molar-refractivity contribution < 1.29 is 28.6 Å². The highest BCUT2D eigenvalue weighted by Crippen LogP contribution is 2.63. The zero-order chi connectivity index (χ0) is 24.1. The first-order chi connectivity index (χ1) is 16.2. The van der Waals surface area contributed by atoms with Crippen LogP contribution in [0.1, 0.15) is 85.0 Å². The third-order valence-electron chi connectivity index (χ3n) is 9.63. The Labute approximate surface area is 203 Å². The van der Waals surface area contributed by atoms with Crippen molar-refractivity contribution in [1.29, 1.82) is 0 Å². The van der Waals surface area contributed by atoms with E-state index in [0.717, 1.165) is 51.6 Å². The van der Waals surface area contributed by atoms with Crippen molar-refractivity contribution in [2.75, 3.05) is 19.6 Å². The predicted octanol–water partition coefficient (Wildman–Crippen LogP) is 3.87. The summed E-state index contributed by atoms with van der Waals surface area (Å²) >= 11 is 0. The van der Waals surface area contributed by atoms with Gasteiger partial charge in [0.05, 0.1) is 18.3 Å². The van der Waals surface area contributed by atoms with Gasteiger partial charge in [-0.3, -0.25) is 14.4 Å². The monoisotopic (exact) mass is 475 g/mol. The first-order valence-electron chi connectivity index (χ1n) is 13.6. The number of fused-ring (bicyclic) bond motifs is 5. The minimum Gasteiger partial charge on any atom is -0.461 e. The molecule has 6 atom stereocenters. The van der Waals surface area contributed by atoms with E-state index >= 15 is 0 Å². The van der Waals surface area contributed by atoms with Crippen molar-refractivity contribution in [3.63, 3.8) is 0 Å². The second kappa shape index (κ2) is 9.11. The average molecular weight is 476 g/mol. The Morgan fingerprint density at radius 1 is 1.06 bits per heavy atom. The lowest BCUT2D eigenvalue weighted by Gasteiger charge is -2.39. The molecule has 2 saturated heterocycles. The Bertz CT molecular complexity index is 812. The lowest BCUT2D eigenvalue weighted by molar-refractivity contribution is -0.180. The molecule has 5 rings (SSSR count). The SMILES string of the molecule is CCC1(OC(=O)C2C3CC(C2OC(=O)CCN2CCCCC2)C2C3C(=O)OC2(C)C)CCCC1. The summed E-state index contributed by atoms with van der Waals surface area (Å²) in [7, 11) is 0. The van der Waals surface area contributed by atoms with Gasteiger partial charge in [0.15, 0.2) is 0 Å². The third kappa shape index (κ3) is 4.16. The lowest BCUT2D eigenvalue weighted by Crippen LogP contribution is -2.49. The molecule has 0 aromatic rings. The summed E-state index contributed by atoms with van der Waals surface area (Å²) in [4.78, 5) is 41.7. The van der Waals surface area contributed by atoms with E-state index in [9.17, 15) is 14.4 Å². The molecule has 0 amide bonds. The maximum Gasteiger partial charge on any atom is 0.313 e. The van der Waals surface area contributed by atoms with Gasteiger partial charge in [-0.15, -0.1) is 0 Å². The van der Waals surface area contributed by atoms with Crippen LogP contribution >= 0.6 is 0 Å². The van der Waals surface area contributed by atoms with Gasteiger partial charge in [-0.05, 0) is 84.2 Å². The van der Waals surface area contributed by atoms with Gasteiger partial charge in [0.25, 0.3) is 0 Å². The molecule has 0 aromatic carbocycles. The average Bonchev–Trinajstić information content (AvgIpc) is 3.56. The summed E-state index contributed by atoms with van der Waals surface area (Å²) in [6, 6.07) is 0. The Kier molecular flexibility index (Phi) is 6.45. The topological polar surface area (TPSA) is 82.1 Å². The molecule has 5 aliphatic rings. The fraction of sp³-hybridized carbons (Fsp3) is 0.889. The van der Waals surface area contributed by atoms with Crippen LogP contribution in [0.2, 0.25) is 0 Å². The summed E-state index contributed by atoms with van der Waals surface area (Å²) < 4.78 is 18.0. The van der Waals surface area contributed by atoms with Crippen molar-refractivity contribution >= 4 is 17.9 Å². The Hall–Kier alpha value is -1.63. The van der Waals surface area contributed by atoms with Gasteiger partial charge in [0, 0.05) is 18.4 Å². The van der Waals surface area contributed by atoms with Gasteiger partial charge in [-0.1, -0.05) is 13.3 Å². The van der Waals surface area contributed by atoms with E-state index in [2.05, 4.69) is 11.8 Å². The van der Waals surface area contributed by atoms with E-state index in [4.69, 9.17) is 14.2 Å². The Morgan fingerprint density at radius 2 is 1.76 bits per heavy atom. The number of cyclic esters (lactones) is 1. The standard InChI is InChI=1S/C27H41NO6/c1-4-27(11-6-7-12-27)34-25(31)21-17-16-18(22-20(17)24(30)33-26(22,2)3)23(21)32-19(29)10-15-28-13-8-5-9-14-28/h17-18,20-23H,4-16H2,1-3H3.